The minimum absolute atomic E-state index is 0.115. The lowest BCUT2D eigenvalue weighted by atomic mass is 9.39. The molecule has 0 aliphatic heterocycles. The van der Waals surface area contributed by atoms with E-state index < -0.39 is 81.6 Å². The van der Waals surface area contributed by atoms with Crippen molar-refractivity contribution in [2.75, 3.05) is 0 Å². The van der Waals surface area contributed by atoms with Gasteiger partial charge in [-0.1, -0.05) is 45.0 Å². The van der Waals surface area contributed by atoms with E-state index in [1.54, 1.807) is 39.0 Å². The first kappa shape index (κ1) is 28.1. The molecule has 3 fully saturated rings. The molecule has 1 aromatic carbocycles. The van der Waals surface area contributed by atoms with E-state index in [-0.39, 0.29) is 18.4 Å². The number of hydrogen-bond donors (Lipinski definition) is 3. The van der Waals surface area contributed by atoms with Crippen LogP contribution in [0.15, 0.2) is 43.0 Å². The molecule has 38 heavy (non-hydrogen) atoms. The molecule has 0 saturated heterocycles. The Kier molecular flexibility index (Phi) is 6.74. The third-order valence-electron chi connectivity index (χ3n) is 9.43. The van der Waals surface area contributed by atoms with Crippen molar-refractivity contribution in [2.24, 2.45) is 28.1 Å². The Balaban J connectivity index is 1.87. The van der Waals surface area contributed by atoms with Gasteiger partial charge in [0, 0.05) is 18.8 Å². The fraction of sp³-hybridized carbons (Fsp3) is 0.586. The molecule has 206 valence electrons. The molecule has 9 nitrogen and oxygen atoms in total. The van der Waals surface area contributed by atoms with Crippen molar-refractivity contribution >= 4 is 23.5 Å². The molecular weight excluding hydrogens is 492 g/mol. The molecule has 0 aromatic heterocycles. The van der Waals surface area contributed by atoms with Crippen LogP contribution in [0.2, 0.25) is 0 Å². The van der Waals surface area contributed by atoms with Crippen LogP contribution in [0.1, 0.15) is 57.8 Å². The number of aliphatic hydroxyl groups is 3. The SMILES string of the molecule is C=C[C@@]1(C)CC(=O)[C@H]2[C@](O)(C1=O)[C@H](OC(C)=O)C[C@H]1C(C)(C)[C@H](O)[C@@H](OC(=O)c3ccccc3)[C@H](O)[C@@]12C. The third kappa shape index (κ3) is 3.78. The largest absolute Gasteiger partial charge is 0.459 e. The lowest BCUT2D eigenvalue weighted by molar-refractivity contribution is -0.291. The summed E-state index contributed by atoms with van der Waals surface area (Å²) in [6.07, 6.45) is -4.97. The van der Waals surface area contributed by atoms with Crippen LogP contribution in [-0.2, 0) is 23.9 Å². The fourth-order valence-electron chi connectivity index (χ4n) is 7.42. The second-order valence-corrected chi connectivity index (χ2v) is 12.1. The van der Waals surface area contributed by atoms with Crippen LogP contribution in [0.25, 0.3) is 0 Å². The van der Waals surface area contributed by atoms with Gasteiger partial charge in [0.05, 0.1) is 23.0 Å². The average molecular weight is 529 g/mol. The Morgan fingerprint density at radius 1 is 1.03 bits per heavy atom. The monoisotopic (exact) mass is 528 g/mol. The third-order valence-corrected chi connectivity index (χ3v) is 9.43. The number of allylic oxidation sites excluding steroid dienone is 1. The van der Waals surface area contributed by atoms with Crippen molar-refractivity contribution in [1.82, 2.24) is 0 Å². The maximum Gasteiger partial charge on any atom is 0.338 e. The smallest absolute Gasteiger partial charge is 0.338 e. The summed E-state index contributed by atoms with van der Waals surface area (Å²) in [5.74, 6) is -4.99. The molecule has 3 N–H and O–H groups in total. The van der Waals surface area contributed by atoms with Crippen LogP contribution in [0.3, 0.4) is 0 Å². The number of carbonyl (C=O) groups is 4. The van der Waals surface area contributed by atoms with Crippen LogP contribution >= 0.6 is 0 Å². The first-order chi connectivity index (χ1) is 17.6. The summed E-state index contributed by atoms with van der Waals surface area (Å²) in [6.45, 7) is 11.3. The first-order valence-electron chi connectivity index (χ1n) is 12.8. The number of benzene rings is 1. The molecule has 4 rings (SSSR count). The van der Waals surface area contributed by atoms with E-state index in [0.29, 0.717) is 0 Å². The van der Waals surface area contributed by atoms with Gasteiger partial charge < -0.3 is 24.8 Å². The summed E-state index contributed by atoms with van der Waals surface area (Å²) in [7, 11) is 0. The molecule has 1 aromatic rings. The molecule has 9 heteroatoms. The van der Waals surface area contributed by atoms with E-state index in [1.807, 2.05) is 0 Å². The standard InChI is InChI=1S/C29H36O9/c1-7-27(5)14-17(31)21-28(6)18(13-19(37-15(2)30)29(21,36)25(27)35)26(3,4)22(32)20(23(28)33)38-24(34)16-11-9-8-10-12-16/h7-12,18-23,32-33,36H,1,13-14H2,2-6H3/t18-,19+,20+,21+,22+,23-,27-,28-,29-/m0/s1. The molecule has 3 aliphatic carbocycles. The number of ketones is 2. The Bertz CT molecular complexity index is 1180. The molecule has 0 unspecified atom stereocenters. The predicted octanol–water partition coefficient (Wildman–Crippen LogP) is 2.01. The molecule has 0 amide bonds. The Morgan fingerprint density at radius 3 is 2.18 bits per heavy atom. The molecule has 0 spiro atoms. The van der Waals surface area contributed by atoms with Crippen LogP contribution < -0.4 is 0 Å². The average Bonchev–Trinajstić information content (AvgIpc) is 2.86. The molecule has 9 atom stereocenters. The van der Waals surface area contributed by atoms with Gasteiger partial charge in [0.25, 0.3) is 0 Å². The molecule has 0 bridgehead atoms. The van der Waals surface area contributed by atoms with Gasteiger partial charge in [-0.25, -0.2) is 4.79 Å². The van der Waals surface area contributed by atoms with Gasteiger partial charge in [-0.2, -0.15) is 0 Å². The highest BCUT2D eigenvalue weighted by Crippen LogP contribution is 2.65. The predicted molar refractivity (Wildman–Crippen MR) is 135 cm³/mol. The minimum Gasteiger partial charge on any atom is -0.459 e. The summed E-state index contributed by atoms with van der Waals surface area (Å²) in [5.41, 5.74) is -6.32. The van der Waals surface area contributed by atoms with Crippen LogP contribution in [-0.4, -0.2) is 68.8 Å². The number of rotatable bonds is 4. The van der Waals surface area contributed by atoms with Gasteiger partial charge in [-0.3, -0.25) is 14.4 Å². The van der Waals surface area contributed by atoms with Gasteiger partial charge >= 0.3 is 11.9 Å². The number of fused-ring (bicyclic) bond motifs is 3. The molecule has 3 aliphatic rings. The Labute approximate surface area is 221 Å². The quantitative estimate of drug-likeness (QED) is 0.394. The lowest BCUT2D eigenvalue weighted by Crippen LogP contribution is -2.79. The van der Waals surface area contributed by atoms with Gasteiger partial charge in [0.1, 0.15) is 18.0 Å². The van der Waals surface area contributed by atoms with Gasteiger partial charge in [0.15, 0.2) is 17.5 Å². The minimum atomic E-state index is -2.47. The second-order valence-electron chi connectivity index (χ2n) is 12.1. The van der Waals surface area contributed by atoms with Gasteiger partial charge in [-0.15, -0.1) is 6.58 Å². The van der Waals surface area contributed by atoms with E-state index in [0.717, 1.165) is 6.92 Å². The summed E-state index contributed by atoms with van der Waals surface area (Å²) in [5, 5.41) is 35.3. The maximum absolute atomic E-state index is 13.9. The molecular formula is C29H36O9. The maximum atomic E-state index is 13.9. The zero-order valence-electron chi connectivity index (χ0n) is 22.3. The fourth-order valence-corrected chi connectivity index (χ4v) is 7.42. The van der Waals surface area contributed by atoms with Crippen LogP contribution in [0, 0.1) is 28.1 Å². The van der Waals surface area contributed by atoms with E-state index in [1.165, 1.54) is 25.1 Å². The number of hydrogen-bond acceptors (Lipinski definition) is 9. The van der Waals surface area contributed by atoms with E-state index in [2.05, 4.69) is 6.58 Å². The highest BCUT2D eigenvalue weighted by Gasteiger charge is 2.77. The first-order valence-corrected chi connectivity index (χ1v) is 12.8. The van der Waals surface area contributed by atoms with Crippen molar-refractivity contribution in [3.05, 3.63) is 48.6 Å². The van der Waals surface area contributed by atoms with E-state index in [4.69, 9.17) is 9.47 Å². The van der Waals surface area contributed by atoms with Gasteiger partial charge in [-0.05, 0) is 36.8 Å². The Hall–Kier alpha value is -2.88. The van der Waals surface area contributed by atoms with Crippen molar-refractivity contribution in [3.63, 3.8) is 0 Å². The van der Waals surface area contributed by atoms with Crippen molar-refractivity contribution in [1.29, 1.82) is 0 Å². The number of ether oxygens (including phenoxy) is 2. The number of aliphatic hydroxyl groups excluding tert-OH is 2. The van der Waals surface area contributed by atoms with E-state index in [9.17, 15) is 34.5 Å². The zero-order chi connectivity index (χ0) is 28.4. The summed E-state index contributed by atoms with van der Waals surface area (Å²) in [6, 6.07) is 8.07. The Morgan fingerprint density at radius 2 is 1.63 bits per heavy atom. The van der Waals surface area contributed by atoms with Crippen molar-refractivity contribution in [2.45, 2.75) is 77.5 Å². The highest BCUT2D eigenvalue weighted by molar-refractivity contribution is 6.06. The van der Waals surface area contributed by atoms with Crippen LogP contribution in [0.4, 0.5) is 0 Å². The highest BCUT2D eigenvalue weighted by atomic mass is 16.6. The second kappa shape index (κ2) is 9.10. The molecule has 3 saturated carbocycles. The van der Waals surface area contributed by atoms with Crippen molar-refractivity contribution in [3.8, 4) is 0 Å². The number of esters is 2. The summed E-state index contributed by atoms with van der Waals surface area (Å²) >= 11 is 0. The molecule has 0 heterocycles. The van der Waals surface area contributed by atoms with E-state index >= 15 is 0 Å². The molecule has 0 radical (unpaired) electrons. The summed E-state index contributed by atoms with van der Waals surface area (Å²) in [4.78, 5) is 52.8. The summed E-state index contributed by atoms with van der Waals surface area (Å²) < 4.78 is 11.1. The zero-order valence-corrected chi connectivity index (χ0v) is 22.3. The lowest BCUT2D eigenvalue weighted by Gasteiger charge is -2.67. The van der Waals surface area contributed by atoms with Crippen LogP contribution in [0.5, 0.6) is 0 Å². The number of Topliss-reactive ketones (excluding diaryl/α,β-unsaturated/α-hetero) is 2. The topological polar surface area (TPSA) is 147 Å². The normalized spacial score (nSPS) is 41.9. The van der Waals surface area contributed by atoms with Gasteiger partial charge in [0.2, 0.25) is 0 Å². The van der Waals surface area contributed by atoms with Crippen molar-refractivity contribution < 1.29 is 44.0 Å². The number of carbonyl (C=O) groups excluding carboxylic acids is 4.